The van der Waals surface area contributed by atoms with Gasteiger partial charge < -0.3 is 16.0 Å². The van der Waals surface area contributed by atoms with Crippen LogP contribution >= 0.6 is 12.4 Å². The Morgan fingerprint density at radius 1 is 0.889 bits per heavy atom. The number of carbonyl (C=O) groups is 2. The predicted octanol–water partition coefficient (Wildman–Crippen LogP) is 0.830. The van der Waals surface area contributed by atoms with Gasteiger partial charge in [-0.05, 0) is 26.3 Å². The van der Waals surface area contributed by atoms with E-state index in [0.29, 0.717) is 32.4 Å². The van der Waals surface area contributed by atoms with Crippen LogP contribution in [-0.4, -0.2) is 38.0 Å². The molecule has 108 valence electrons. The van der Waals surface area contributed by atoms with Crippen LogP contribution in [0.2, 0.25) is 0 Å². The van der Waals surface area contributed by atoms with Gasteiger partial charge in [0.1, 0.15) is 0 Å². The fourth-order valence-corrected chi connectivity index (χ4v) is 1.38. The average molecular weight is 280 g/mol. The van der Waals surface area contributed by atoms with E-state index in [1.165, 1.54) is 0 Å². The molecular weight excluding hydrogens is 254 g/mol. The third-order valence-electron chi connectivity index (χ3n) is 2.23. The molecule has 0 aromatic heterocycles. The van der Waals surface area contributed by atoms with Crippen LogP contribution in [0.25, 0.3) is 0 Å². The van der Waals surface area contributed by atoms with Crippen molar-refractivity contribution in [1.82, 2.24) is 16.0 Å². The van der Waals surface area contributed by atoms with Crippen LogP contribution in [0.4, 0.5) is 0 Å². The Morgan fingerprint density at radius 2 is 1.50 bits per heavy atom. The highest BCUT2D eigenvalue weighted by Gasteiger charge is 2.03. The van der Waals surface area contributed by atoms with E-state index in [1.807, 2.05) is 6.92 Å². The van der Waals surface area contributed by atoms with Gasteiger partial charge in [-0.25, -0.2) is 0 Å². The molecule has 0 aromatic rings. The third-order valence-corrected chi connectivity index (χ3v) is 2.23. The van der Waals surface area contributed by atoms with Crippen molar-refractivity contribution in [2.24, 2.45) is 0 Å². The van der Waals surface area contributed by atoms with Crippen LogP contribution in [0, 0.1) is 0 Å². The van der Waals surface area contributed by atoms with Gasteiger partial charge in [-0.3, -0.25) is 9.59 Å². The van der Waals surface area contributed by atoms with Gasteiger partial charge in [-0.15, -0.1) is 12.4 Å². The third kappa shape index (κ3) is 13.3. The van der Waals surface area contributed by atoms with E-state index < -0.39 is 0 Å². The second kappa shape index (κ2) is 14.3. The normalized spacial score (nSPS) is 9.44. The Morgan fingerprint density at radius 3 is 2.06 bits per heavy atom. The summed E-state index contributed by atoms with van der Waals surface area (Å²) in [6.45, 7) is 7.07. The minimum absolute atomic E-state index is 0. The maximum atomic E-state index is 11.3. The van der Waals surface area contributed by atoms with Crippen molar-refractivity contribution in [2.45, 2.75) is 39.5 Å². The molecule has 0 fully saturated rings. The van der Waals surface area contributed by atoms with E-state index >= 15 is 0 Å². The minimum atomic E-state index is 0. The molecule has 0 rings (SSSR count). The standard InChI is InChI=1S/C12H25N3O2.ClH/c1-3-8-13-9-10-15-12(17)7-5-6-11(16)14-4-2;/h13H,3-10H2,1-2H3,(H,14,16)(H,15,17);1H. The Labute approximate surface area is 116 Å². The van der Waals surface area contributed by atoms with E-state index in [9.17, 15) is 9.59 Å². The molecule has 0 saturated carbocycles. The highest BCUT2D eigenvalue weighted by Crippen LogP contribution is 1.94. The largest absolute Gasteiger partial charge is 0.356 e. The van der Waals surface area contributed by atoms with Crippen molar-refractivity contribution in [3.05, 3.63) is 0 Å². The van der Waals surface area contributed by atoms with Crippen LogP contribution in [0.15, 0.2) is 0 Å². The van der Waals surface area contributed by atoms with Gasteiger partial charge in [-0.2, -0.15) is 0 Å². The molecule has 0 unspecified atom stereocenters. The molecule has 0 heterocycles. The van der Waals surface area contributed by atoms with Crippen LogP contribution in [0.3, 0.4) is 0 Å². The summed E-state index contributed by atoms with van der Waals surface area (Å²) in [5.74, 6) is 0.0394. The van der Waals surface area contributed by atoms with Gasteiger partial charge in [0, 0.05) is 32.5 Å². The maximum Gasteiger partial charge on any atom is 0.220 e. The molecule has 6 heteroatoms. The van der Waals surface area contributed by atoms with Crippen molar-refractivity contribution in [2.75, 3.05) is 26.2 Å². The molecule has 0 aliphatic rings. The zero-order valence-corrected chi connectivity index (χ0v) is 12.2. The summed E-state index contributed by atoms with van der Waals surface area (Å²) < 4.78 is 0. The molecule has 0 radical (unpaired) electrons. The average Bonchev–Trinajstić information content (AvgIpc) is 2.29. The number of hydrogen-bond donors (Lipinski definition) is 3. The van der Waals surface area contributed by atoms with Crippen LogP contribution in [0.1, 0.15) is 39.5 Å². The van der Waals surface area contributed by atoms with Gasteiger partial charge in [0.15, 0.2) is 0 Å². The van der Waals surface area contributed by atoms with Crippen molar-refractivity contribution in [1.29, 1.82) is 0 Å². The van der Waals surface area contributed by atoms with Gasteiger partial charge >= 0.3 is 0 Å². The monoisotopic (exact) mass is 279 g/mol. The maximum absolute atomic E-state index is 11.3. The fraction of sp³-hybridized carbons (Fsp3) is 0.833. The summed E-state index contributed by atoms with van der Waals surface area (Å²) in [7, 11) is 0. The smallest absolute Gasteiger partial charge is 0.220 e. The first kappa shape index (κ1) is 19.5. The Balaban J connectivity index is 0. The lowest BCUT2D eigenvalue weighted by molar-refractivity contribution is -0.122. The molecule has 0 atom stereocenters. The fourth-order valence-electron chi connectivity index (χ4n) is 1.38. The molecule has 0 aromatic carbocycles. The number of nitrogens with one attached hydrogen (secondary N) is 3. The molecule has 0 bridgehead atoms. The summed E-state index contributed by atoms with van der Waals surface area (Å²) in [4.78, 5) is 22.4. The first-order chi connectivity index (χ1) is 8.20. The van der Waals surface area contributed by atoms with E-state index in [-0.39, 0.29) is 24.2 Å². The van der Waals surface area contributed by atoms with E-state index in [4.69, 9.17) is 0 Å². The summed E-state index contributed by atoms with van der Waals surface area (Å²) in [6.07, 6.45) is 2.56. The summed E-state index contributed by atoms with van der Waals surface area (Å²) >= 11 is 0. The highest BCUT2D eigenvalue weighted by molar-refractivity contribution is 5.85. The first-order valence-electron chi connectivity index (χ1n) is 6.44. The van der Waals surface area contributed by atoms with Crippen molar-refractivity contribution < 1.29 is 9.59 Å². The van der Waals surface area contributed by atoms with Crippen LogP contribution < -0.4 is 16.0 Å². The molecule has 2 amide bonds. The summed E-state index contributed by atoms with van der Waals surface area (Å²) in [5, 5.41) is 8.72. The molecule has 18 heavy (non-hydrogen) atoms. The minimum Gasteiger partial charge on any atom is -0.356 e. The molecule has 5 nitrogen and oxygen atoms in total. The van der Waals surface area contributed by atoms with Gasteiger partial charge in [0.2, 0.25) is 11.8 Å². The van der Waals surface area contributed by atoms with Crippen molar-refractivity contribution >= 4 is 24.2 Å². The number of hydrogen-bond acceptors (Lipinski definition) is 3. The second-order valence-corrected chi connectivity index (χ2v) is 3.91. The SMILES string of the molecule is CCCNCCNC(=O)CCCC(=O)NCC.Cl. The zero-order valence-electron chi connectivity index (χ0n) is 11.4. The highest BCUT2D eigenvalue weighted by atomic mass is 35.5. The van der Waals surface area contributed by atoms with Gasteiger partial charge in [-0.1, -0.05) is 6.92 Å². The number of amides is 2. The van der Waals surface area contributed by atoms with Crippen molar-refractivity contribution in [3.63, 3.8) is 0 Å². The van der Waals surface area contributed by atoms with Gasteiger partial charge in [0.05, 0.1) is 0 Å². The zero-order chi connectivity index (χ0) is 12.9. The van der Waals surface area contributed by atoms with E-state index in [2.05, 4.69) is 22.9 Å². The summed E-state index contributed by atoms with van der Waals surface area (Å²) in [5.41, 5.74) is 0. The lowest BCUT2D eigenvalue weighted by Gasteiger charge is -2.06. The van der Waals surface area contributed by atoms with Crippen LogP contribution in [-0.2, 0) is 9.59 Å². The lowest BCUT2D eigenvalue weighted by atomic mass is 10.2. The second-order valence-electron chi connectivity index (χ2n) is 3.91. The van der Waals surface area contributed by atoms with E-state index in [0.717, 1.165) is 19.5 Å². The van der Waals surface area contributed by atoms with E-state index in [1.54, 1.807) is 0 Å². The Hall–Kier alpha value is -0.810. The number of halogens is 1. The molecule has 3 N–H and O–H groups in total. The lowest BCUT2D eigenvalue weighted by Crippen LogP contribution is -2.32. The molecule has 0 aliphatic carbocycles. The Bertz CT molecular complexity index is 225. The molecule has 0 aliphatic heterocycles. The Kier molecular flexibility index (Phi) is 15.5. The summed E-state index contributed by atoms with van der Waals surface area (Å²) in [6, 6.07) is 0. The molecule has 0 spiro atoms. The van der Waals surface area contributed by atoms with Gasteiger partial charge in [0.25, 0.3) is 0 Å². The number of carbonyl (C=O) groups excluding carboxylic acids is 2. The quantitative estimate of drug-likeness (QED) is 0.519. The van der Waals surface area contributed by atoms with Crippen LogP contribution in [0.5, 0.6) is 0 Å². The van der Waals surface area contributed by atoms with Crippen molar-refractivity contribution in [3.8, 4) is 0 Å². The topological polar surface area (TPSA) is 70.2 Å². The predicted molar refractivity (Wildman–Crippen MR) is 76.0 cm³/mol. The molecule has 0 saturated heterocycles. The number of rotatable bonds is 10. The first-order valence-corrected chi connectivity index (χ1v) is 6.44. The molecular formula is C12H26ClN3O2.